The minimum absolute atomic E-state index is 0.115. The number of hydrogen-bond acceptors (Lipinski definition) is 2. The maximum atomic E-state index is 13.6. The number of hydrogen-bond donors (Lipinski definition) is 2. The zero-order chi connectivity index (χ0) is 14.6. The van der Waals surface area contributed by atoms with Gasteiger partial charge in [0.15, 0.2) is 0 Å². The molecule has 0 spiro atoms. The van der Waals surface area contributed by atoms with Crippen molar-refractivity contribution in [2.75, 3.05) is 0 Å². The van der Waals surface area contributed by atoms with Crippen molar-refractivity contribution in [1.29, 1.82) is 0 Å². The molecule has 1 aromatic carbocycles. The van der Waals surface area contributed by atoms with Crippen LogP contribution in [0.1, 0.15) is 36.2 Å². The van der Waals surface area contributed by atoms with E-state index in [0.717, 1.165) is 0 Å². The second-order valence-corrected chi connectivity index (χ2v) is 4.98. The largest absolute Gasteiger partial charge is 0.480 e. The van der Waals surface area contributed by atoms with Gasteiger partial charge >= 0.3 is 5.97 Å². The highest BCUT2D eigenvalue weighted by molar-refractivity contribution is 5.96. The average molecular weight is 267 g/mol. The summed E-state index contributed by atoms with van der Waals surface area (Å²) in [6.07, 6.45) is 0.300. The molecular formula is C14H18FNO3. The smallest absolute Gasteiger partial charge is 0.326 e. The number of amides is 1. The Morgan fingerprint density at radius 1 is 1.37 bits per heavy atom. The van der Waals surface area contributed by atoms with Gasteiger partial charge in [-0.25, -0.2) is 9.18 Å². The fourth-order valence-electron chi connectivity index (χ4n) is 1.73. The molecular weight excluding hydrogens is 249 g/mol. The van der Waals surface area contributed by atoms with Crippen molar-refractivity contribution in [1.82, 2.24) is 5.32 Å². The van der Waals surface area contributed by atoms with Gasteiger partial charge in [-0.2, -0.15) is 0 Å². The van der Waals surface area contributed by atoms with Crippen LogP contribution in [-0.4, -0.2) is 23.0 Å². The van der Waals surface area contributed by atoms with E-state index in [1.165, 1.54) is 12.1 Å². The van der Waals surface area contributed by atoms with Crippen molar-refractivity contribution in [3.63, 3.8) is 0 Å². The van der Waals surface area contributed by atoms with E-state index in [-0.39, 0.29) is 11.5 Å². The van der Waals surface area contributed by atoms with Crippen LogP contribution in [0, 0.1) is 18.7 Å². The number of carboxylic acid groups (broad SMARTS) is 1. The number of nitrogens with one attached hydrogen (secondary N) is 1. The van der Waals surface area contributed by atoms with E-state index in [1.54, 1.807) is 13.0 Å². The highest BCUT2D eigenvalue weighted by Crippen LogP contribution is 2.11. The molecule has 0 aliphatic heterocycles. The van der Waals surface area contributed by atoms with Crippen LogP contribution in [0.5, 0.6) is 0 Å². The second kappa shape index (κ2) is 6.31. The summed E-state index contributed by atoms with van der Waals surface area (Å²) < 4.78 is 13.6. The Hall–Kier alpha value is -1.91. The van der Waals surface area contributed by atoms with Crippen LogP contribution >= 0.6 is 0 Å². The van der Waals surface area contributed by atoms with Gasteiger partial charge in [0.05, 0.1) is 5.56 Å². The van der Waals surface area contributed by atoms with E-state index in [1.807, 2.05) is 13.8 Å². The molecule has 1 rings (SSSR count). The molecule has 2 N–H and O–H groups in total. The highest BCUT2D eigenvalue weighted by atomic mass is 19.1. The molecule has 0 fully saturated rings. The summed E-state index contributed by atoms with van der Waals surface area (Å²) in [5.41, 5.74) is 0.562. The molecule has 1 unspecified atom stereocenters. The van der Waals surface area contributed by atoms with E-state index in [9.17, 15) is 14.0 Å². The molecule has 0 heterocycles. The molecule has 0 bridgehead atoms. The van der Waals surface area contributed by atoms with Crippen molar-refractivity contribution in [3.8, 4) is 0 Å². The molecule has 5 heteroatoms. The predicted molar refractivity (Wildman–Crippen MR) is 69.5 cm³/mol. The minimum atomic E-state index is -1.12. The van der Waals surface area contributed by atoms with Crippen LogP contribution in [0.3, 0.4) is 0 Å². The van der Waals surface area contributed by atoms with E-state index >= 15 is 0 Å². The molecule has 1 atom stereocenters. The van der Waals surface area contributed by atoms with Crippen molar-refractivity contribution in [2.24, 2.45) is 5.92 Å². The van der Waals surface area contributed by atoms with Crippen LogP contribution in [0.15, 0.2) is 18.2 Å². The number of carbonyl (C=O) groups excluding carboxylic acids is 1. The lowest BCUT2D eigenvalue weighted by molar-refractivity contribution is -0.139. The molecule has 0 aliphatic carbocycles. The van der Waals surface area contributed by atoms with Gasteiger partial charge in [-0.05, 0) is 37.0 Å². The quantitative estimate of drug-likeness (QED) is 0.860. The monoisotopic (exact) mass is 267 g/mol. The summed E-state index contributed by atoms with van der Waals surface area (Å²) in [4.78, 5) is 22.9. The number of carbonyl (C=O) groups is 2. The maximum absolute atomic E-state index is 13.6. The molecule has 0 aromatic heterocycles. The summed E-state index contributed by atoms with van der Waals surface area (Å²) in [5, 5.41) is 11.4. The molecule has 0 radical (unpaired) electrons. The zero-order valence-electron chi connectivity index (χ0n) is 11.2. The molecule has 0 aliphatic rings. The molecule has 19 heavy (non-hydrogen) atoms. The first-order valence-corrected chi connectivity index (χ1v) is 6.11. The third kappa shape index (κ3) is 4.35. The van der Waals surface area contributed by atoms with Gasteiger partial charge in [-0.3, -0.25) is 4.79 Å². The topological polar surface area (TPSA) is 66.4 Å². The maximum Gasteiger partial charge on any atom is 0.326 e. The normalized spacial score (nSPS) is 12.3. The average Bonchev–Trinajstić information content (AvgIpc) is 2.26. The van der Waals surface area contributed by atoms with Gasteiger partial charge in [0.2, 0.25) is 0 Å². The molecule has 1 amide bonds. The summed E-state index contributed by atoms with van der Waals surface area (Å²) >= 11 is 0. The van der Waals surface area contributed by atoms with E-state index in [0.29, 0.717) is 12.0 Å². The summed E-state index contributed by atoms with van der Waals surface area (Å²) in [6.45, 7) is 5.42. The van der Waals surface area contributed by atoms with Crippen molar-refractivity contribution in [3.05, 3.63) is 35.1 Å². The number of benzene rings is 1. The molecule has 4 nitrogen and oxygen atoms in total. The van der Waals surface area contributed by atoms with E-state index in [2.05, 4.69) is 5.32 Å². The van der Waals surface area contributed by atoms with Gasteiger partial charge in [0.25, 0.3) is 5.91 Å². The highest BCUT2D eigenvalue weighted by Gasteiger charge is 2.23. The predicted octanol–water partition coefficient (Wildman–Crippen LogP) is 2.36. The third-order valence-electron chi connectivity index (χ3n) is 2.68. The van der Waals surface area contributed by atoms with Crippen molar-refractivity contribution in [2.45, 2.75) is 33.2 Å². The minimum Gasteiger partial charge on any atom is -0.480 e. The summed E-state index contributed by atoms with van der Waals surface area (Å²) in [6, 6.07) is 3.20. The Kier molecular flexibility index (Phi) is 5.03. The standard InChI is InChI=1S/C14H18FNO3/c1-8(2)6-12(14(18)19)16-13(17)10-5-4-9(3)7-11(10)15/h4-5,7-8,12H,6H2,1-3H3,(H,16,17)(H,18,19). The van der Waals surface area contributed by atoms with Crippen LogP contribution in [0.4, 0.5) is 4.39 Å². The van der Waals surface area contributed by atoms with Crippen molar-refractivity contribution < 1.29 is 19.1 Å². The molecule has 0 saturated carbocycles. The lowest BCUT2D eigenvalue weighted by atomic mass is 10.0. The molecule has 0 saturated heterocycles. The molecule has 1 aromatic rings. The Bertz CT molecular complexity index is 486. The Morgan fingerprint density at radius 2 is 2.00 bits per heavy atom. The van der Waals surface area contributed by atoms with Gasteiger partial charge in [0.1, 0.15) is 11.9 Å². The van der Waals surface area contributed by atoms with Gasteiger partial charge in [-0.1, -0.05) is 19.9 Å². The lowest BCUT2D eigenvalue weighted by Gasteiger charge is -2.16. The number of rotatable bonds is 5. The van der Waals surface area contributed by atoms with E-state index < -0.39 is 23.7 Å². The second-order valence-electron chi connectivity index (χ2n) is 4.98. The Labute approximate surface area is 111 Å². The number of aryl methyl sites for hydroxylation is 1. The first-order valence-electron chi connectivity index (χ1n) is 6.11. The Morgan fingerprint density at radius 3 is 2.47 bits per heavy atom. The number of aliphatic carboxylic acids is 1. The van der Waals surface area contributed by atoms with Crippen LogP contribution in [0.25, 0.3) is 0 Å². The Balaban J connectivity index is 2.84. The number of carboxylic acids is 1. The van der Waals surface area contributed by atoms with Crippen LogP contribution < -0.4 is 5.32 Å². The van der Waals surface area contributed by atoms with Gasteiger partial charge < -0.3 is 10.4 Å². The zero-order valence-corrected chi connectivity index (χ0v) is 11.2. The van der Waals surface area contributed by atoms with Crippen molar-refractivity contribution >= 4 is 11.9 Å². The molecule has 104 valence electrons. The van der Waals surface area contributed by atoms with Gasteiger partial charge in [-0.15, -0.1) is 0 Å². The SMILES string of the molecule is Cc1ccc(C(=O)NC(CC(C)C)C(=O)O)c(F)c1. The first-order chi connectivity index (χ1) is 8.81. The summed E-state index contributed by atoms with van der Waals surface area (Å²) in [5.74, 6) is -2.35. The lowest BCUT2D eigenvalue weighted by Crippen LogP contribution is -2.41. The van der Waals surface area contributed by atoms with E-state index in [4.69, 9.17) is 5.11 Å². The third-order valence-corrected chi connectivity index (χ3v) is 2.68. The fourth-order valence-corrected chi connectivity index (χ4v) is 1.73. The van der Waals surface area contributed by atoms with Gasteiger partial charge in [0, 0.05) is 0 Å². The fraction of sp³-hybridized carbons (Fsp3) is 0.429. The van der Waals surface area contributed by atoms with Crippen LogP contribution in [-0.2, 0) is 4.79 Å². The first kappa shape index (κ1) is 15.1. The summed E-state index contributed by atoms with van der Waals surface area (Å²) in [7, 11) is 0. The van der Waals surface area contributed by atoms with Crippen LogP contribution in [0.2, 0.25) is 0 Å². The number of halogens is 1.